The predicted octanol–water partition coefficient (Wildman–Crippen LogP) is 5.33. The van der Waals surface area contributed by atoms with Crippen molar-refractivity contribution in [2.75, 3.05) is 18.7 Å². The van der Waals surface area contributed by atoms with Gasteiger partial charge in [0.25, 0.3) is 0 Å². The predicted molar refractivity (Wildman–Crippen MR) is 116 cm³/mol. The number of aromatic nitrogens is 2. The second-order valence-electron chi connectivity index (χ2n) is 6.93. The Kier molecular flexibility index (Phi) is 7.62. The van der Waals surface area contributed by atoms with Gasteiger partial charge in [0, 0.05) is 11.8 Å². The lowest BCUT2D eigenvalue weighted by Crippen LogP contribution is -2.25. The van der Waals surface area contributed by atoms with Crippen LogP contribution in [0.5, 0.6) is 0 Å². The van der Waals surface area contributed by atoms with Crippen LogP contribution >= 0.6 is 23.5 Å². The number of carbonyl (C=O) groups excluding carboxylic acids is 1. The minimum atomic E-state index is -0.391. The summed E-state index contributed by atoms with van der Waals surface area (Å²) in [5, 5.41) is 4.85. The van der Waals surface area contributed by atoms with Crippen LogP contribution in [0.3, 0.4) is 0 Å². The second-order valence-corrected chi connectivity index (χ2v) is 8.66. The Bertz CT molecular complexity index is 823. The van der Waals surface area contributed by atoms with Gasteiger partial charge in [-0.2, -0.15) is 0 Å². The van der Waals surface area contributed by atoms with Crippen LogP contribution in [-0.2, 0) is 10.5 Å². The maximum absolute atomic E-state index is 12.6. The Morgan fingerprint density at radius 1 is 1.21 bits per heavy atom. The molecule has 150 valence electrons. The number of esters is 1. The van der Waals surface area contributed by atoms with Gasteiger partial charge in [-0.05, 0) is 37.1 Å². The fourth-order valence-corrected chi connectivity index (χ4v) is 4.88. The molecule has 3 rings (SSSR count). The van der Waals surface area contributed by atoms with E-state index in [4.69, 9.17) is 4.74 Å². The molecule has 1 heterocycles. The van der Waals surface area contributed by atoms with Crippen molar-refractivity contribution in [3.05, 3.63) is 41.0 Å². The van der Waals surface area contributed by atoms with Gasteiger partial charge in [-0.1, -0.05) is 55.3 Å². The number of nitrogens with zero attached hydrogens (tertiary/aromatic N) is 2. The zero-order valence-electron chi connectivity index (χ0n) is 16.7. The van der Waals surface area contributed by atoms with Crippen molar-refractivity contribution in [2.24, 2.45) is 0 Å². The number of methoxy groups -OCH3 is 1. The Labute approximate surface area is 175 Å². The number of nitrogens with one attached hydrogen (secondary N) is 1. The van der Waals surface area contributed by atoms with Gasteiger partial charge in [-0.3, -0.25) is 0 Å². The number of hydrogen-bond donors (Lipinski definition) is 1. The van der Waals surface area contributed by atoms with E-state index in [1.54, 1.807) is 11.8 Å². The van der Waals surface area contributed by atoms with Gasteiger partial charge in [-0.25, -0.2) is 14.8 Å². The largest absolute Gasteiger partial charge is 0.465 e. The van der Waals surface area contributed by atoms with Gasteiger partial charge in [0.2, 0.25) is 0 Å². The number of carbonyl (C=O) groups is 1. The summed E-state index contributed by atoms with van der Waals surface area (Å²) in [5.41, 5.74) is 2.91. The average molecular weight is 418 g/mol. The SMILES string of the molecule is COC(=O)c1c(NC2CCCCC2)nc(SC)nc1SCc1ccccc1C. The second kappa shape index (κ2) is 10.2. The molecule has 0 unspecified atom stereocenters. The van der Waals surface area contributed by atoms with Crippen molar-refractivity contribution in [1.29, 1.82) is 0 Å². The third-order valence-electron chi connectivity index (χ3n) is 5.00. The van der Waals surface area contributed by atoms with E-state index in [9.17, 15) is 4.79 Å². The first-order valence-corrected chi connectivity index (χ1v) is 11.8. The lowest BCUT2D eigenvalue weighted by Gasteiger charge is -2.24. The number of hydrogen-bond acceptors (Lipinski definition) is 7. The van der Waals surface area contributed by atoms with Crippen molar-refractivity contribution in [3.63, 3.8) is 0 Å². The number of thioether (sulfide) groups is 2. The van der Waals surface area contributed by atoms with Crippen molar-refractivity contribution in [1.82, 2.24) is 9.97 Å². The minimum absolute atomic E-state index is 0.344. The number of ether oxygens (including phenoxy) is 1. The van der Waals surface area contributed by atoms with Crippen LogP contribution < -0.4 is 5.32 Å². The summed E-state index contributed by atoms with van der Waals surface area (Å²) in [7, 11) is 1.41. The normalized spacial score (nSPS) is 14.7. The standard InChI is InChI=1S/C21H27N3O2S2/c1-14-9-7-8-10-15(14)13-28-19-17(20(25)26-2)18(23-21(24-19)27-3)22-16-11-5-4-6-12-16/h7-10,16H,4-6,11-13H2,1-3H3,(H,22,23,24). The van der Waals surface area contributed by atoms with Crippen LogP contribution in [0.25, 0.3) is 0 Å². The molecule has 5 nitrogen and oxygen atoms in total. The molecule has 1 aromatic carbocycles. The highest BCUT2D eigenvalue weighted by atomic mass is 32.2. The van der Waals surface area contributed by atoms with Crippen LogP contribution in [0.2, 0.25) is 0 Å². The lowest BCUT2D eigenvalue weighted by molar-refractivity contribution is 0.0596. The van der Waals surface area contributed by atoms with Crippen LogP contribution in [0.1, 0.15) is 53.6 Å². The first-order chi connectivity index (χ1) is 13.6. The van der Waals surface area contributed by atoms with E-state index in [0.29, 0.717) is 27.6 Å². The molecule has 0 aliphatic heterocycles. The quantitative estimate of drug-likeness (QED) is 0.283. The zero-order valence-corrected chi connectivity index (χ0v) is 18.3. The molecule has 0 atom stereocenters. The molecule has 0 bridgehead atoms. The van der Waals surface area contributed by atoms with Crippen molar-refractivity contribution in [3.8, 4) is 0 Å². The zero-order chi connectivity index (χ0) is 19.9. The Morgan fingerprint density at radius 2 is 1.96 bits per heavy atom. The fourth-order valence-electron chi connectivity index (χ4n) is 3.37. The van der Waals surface area contributed by atoms with Crippen molar-refractivity contribution in [2.45, 2.75) is 61.0 Å². The fraction of sp³-hybridized carbons (Fsp3) is 0.476. The molecule has 0 spiro atoms. The summed E-state index contributed by atoms with van der Waals surface area (Å²) in [5.74, 6) is 0.952. The number of rotatable bonds is 7. The van der Waals surface area contributed by atoms with Gasteiger partial charge in [0.05, 0.1) is 7.11 Å². The molecular formula is C21H27N3O2S2. The lowest BCUT2D eigenvalue weighted by atomic mass is 9.95. The van der Waals surface area contributed by atoms with Gasteiger partial charge in [-0.15, -0.1) is 11.8 Å². The summed E-state index contributed by atoms with van der Waals surface area (Å²) >= 11 is 3.04. The molecule has 1 N–H and O–H groups in total. The maximum Gasteiger partial charge on any atom is 0.344 e. The van der Waals surface area contributed by atoms with E-state index >= 15 is 0 Å². The summed E-state index contributed by atoms with van der Waals surface area (Å²) in [6.07, 6.45) is 7.85. The van der Waals surface area contributed by atoms with E-state index in [-0.39, 0.29) is 0 Å². The van der Waals surface area contributed by atoms with Crippen LogP contribution in [0.4, 0.5) is 5.82 Å². The molecule has 0 amide bonds. The smallest absolute Gasteiger partial charge is 0.344 e. The van der Waals surface area contributed by atoms with E-state index in [2.05, 4.69) is 34.3 Å². The Morgan fingerprint density at radius 3 is 2.64 bits per heavy atom. The van der Waals surface area contributed by atoms with Gasteiger partial charge >= 0.3 is 5.97 Å². The molecule has 1 aliphatic rings. The van der Waals surface area contributed by atoms with Crippen LogP contribution in [0.15, 0.2) is 34.4 Å². The van der Waals surface area contributed by atoms with E-state index in [0.717, 1.165) is 18.6 Å². The van der Waals surface area contributed by atoms with Crippen molar-refractivity contribution >= 4 is 35.3 Å². The van der Waals surface area contributed by atoms with Gasteiger partial charge < -0.3 is 10.1 Å². The molecule has 1 saturated carbocycles. The van der Waals surface area contributed by atoms with Crippen LogP contribution in [0, 0.1) is 6.92 Å². The van der Waals surface area contributed by atoms with Crippen molar-refractivity contribution < 1.29 is 9.53 Å². The summed E-state index contributed by atoms with van der Waals surface area (Å²) in [6, 6.07) is 8.62. The molecular weight excluding hydrogens is 390 g/mol. The highest BCUT2D eigenvalue weighted by Crippen LogP contribution is 2.33. The third-order valence-corrected chi connectivity index (χ3v) is 6.57. The number of anilines is 1. The summed E-state index contributed by atoms with van der Waals surface area (Å²) in [4.78, 5) is 21.9. The van der Waals surface area contributed by atoms with Gasteiger partial charge in [0.1, 0.15) is 16.4 Å². The molecule has 0 saturated heterocycles. The molecule has 1 fully saturated rings. The third kappa shape index (κ3) is 5.20. The molecule has 2 aromatic rings. The van der Waals surface area contributed by atoms with E-state index in [1.165, 1.54) is 49.3 Å². The number of aryl methyl sites for hydroxylation is 1. The molecule has 7 heteroatoms. The average Bonchev–Trinajstić information content (AvgIpc) is 2.73. The summed E-state index contributed by atoms with van der Waals surface area (Å²) in [6.45, 7) is 2.10. The Hall–Kier alpha value is -1.73. The Balaban J connectivity index is 1.92. The molecule has 1 aromatic heterocycles. The van der Waals surface area contributed by atoms with Gasteiger partial charge in [0.15, 0.2) is 5.16 Å². The highest BCUT2D eigenvalue weighted by molar-refractivity contribution is 7.99. The first-order valence-electron chi connectivity index (χ1n) is 9.60. The monoisotopic (exact) mass is 417 g/mol. The highest BCUT2D eigenvalue weighted by Gasteiger charge is 2.25. The summed E-state index contributed by atoms with van der Waals surface area (Å²) < 4.78 is 5.08. The van der Waals surface area contributed by atoms with E-state index in [1.807, 2.05) is 18.4 Å². The first kappa shape index (κ1) is 21.0. The topological polar surface area (TPSA) is 64.1 Å². The van der Waals surface area contributed by atoms with Crippen LogP contribution in [-0.4, -0.2) is 35.3 Å². The molecule has 1 aliphatic carbocycles. The molecule has 28 heavy (non-hydrogen) atoms. The minimum Gasteiger partial charge on any atom is -0.465 e. The molecule has 0 radical (unpaired) electrons. The number of benzene rings is 1. The maximum atomic E-state index is 12.6. The van der Waals surface area contributed by atoms with E-state index < -0.39 is 5.97 Å².